The molecule has 0 aliphatic carbocycles. The first kappa shape index (κ1) is 14.4. The average molecular weight is 314 g/mol. The summed E-state index contributed by atoms with van der Waals surface area (Å²) < 4.78 is 31.7. The zero-order valence-electron chi connectivity index (χ0n) is 10.5. The van der Waals surface area contributed by atoms with Crippen LogP contribution in [0.25, 0.3) is 0 Å². The first-order valence-electron chi connectivity index (χ1n) is 5.50. The normalized spacial score (nSPS) is 11.1. The number of nitrogens with two attached hydrogens (primary N) is 1. The minimum Gasteiger partial charge on any atom is -0.495 e. The molecule has 1 aromatic carbocycles. The third kappa shape index (κ3) is 2.94. The second-order valence-electron chi connectivity index (χ2n) is 3.87. The lowest BCUT2D eigenvalue weighted by Gasteiger charge is -2.11. The maximum Gasteiger partial charge on any atom is 0.265 e. The van der Waals surface area contributed by atoms with Crippen LogP contribution in [0.5, 0.6) is 5.75 Å². The van der Waals surface area contributed by atoms with E-state index in [9.17, 15) is 8.42 Å². The minimum absolute atomic E-state index is 0.0908. The summed E-state index contributed by atoms with van der Waals surface area (Å²) >= 11 is 5.94. The third-order valence-corrected chi connectivity index (χ3v) is 4.23. The number of sulfonamides is 1. The highest BCUT2D eigenvalue weighted by Crippen LogP contribution is 2.28. The fourth-order valence-electron chi connectivity index (χ4n) is 1.56. The van der Waals surface area contributed by atoms with Crippen molar-refractivity contribution in [2.75, 3.05) is 17.6 Å². The van der Waals surface area contributed by atoms with Crippen LogP contribution in [0, 0.1) is 0 Å². The second kappa shape index (κ2) is 5.56. The van der Waals surface area contributed by atoms with E-state index in [0.717, 1.165) is 0 Å². The molecule has 0 atom stereocenters. The van der Waals surface area contributed by atoms with Crippen molar-refractivity contribution in [3.05, 3.63) is 41.7 Å². The van der Waals surface area contributed by atoms with Gasteiger partial charge in [-0.3, -0.25) is 9.71 Å². The van der Waals surface area contributed by atoms with E-state index in [1.807, 2.05) is 0 Å². The highest BCUT2D eigenvalue weighted by atomic mass is 35.5. The zero-order chi connectivity index (χ0) is 14.8. The van der Waals surface area contributed by atoms with Crippen molar-refractivity contribution in [2.45, 2.75) is 4.90 Å². The van der Waals surface area contributed by atoms with Crippen LogP contribution in [0.4, 0.5) is 11.4 Å². The van der Waals surface area contributed by atoms with Gasteiger partial charge < -0.3 is 10.5 Å². The summed E-state index contributed by atoms with van der Waals surface area (Å²) in [6.07, 6.45) is 2.60. The number of nitrogen functional groups attached to an aromatic ring is 1. The van der Waals surface area contributed by atoms with E-state index >= 15 is 0 Å². The number of methoxy groups -OCH3 is 1. The lowest BCUT2D eigenvalue weighted by molar-refractivity contribution is 0.415. The predicted octanol–water partition coefficient (Wildman–Crippen LogP) is 2.13. The summed E-state index contributed by atoms with van der Waals surface area (Å²) in [4.78, 5) is 3.66. The number of aromatic nitrogens is 1. The van der Waals surface area contributed by atoms with Crippen LogP contribution in [-0.4, -0.2) is 20.5 Å². The number of nitrogens with one attached hydrogen (secondary N) is 1. The Bertz CT molecular complexity index is 734. The number of halogens is 1. The molecule has 1 heterocycles. The summed E-state index contributed by atoms with van der Waals surface area (Å²) in [7, 11) is -2.34. The Balaban J connectivity index is 2.34. The smallest absolute Gasteiger partial charge is 0.265 e. The van der Waals surface area contributed by atoms with Crippen molar-refractivity contribution in [3.8, 4) is 5.75 Å². The van der Waals surface area contributed by atoms with Crippen molar-refractivity contribution < 1.29 is 13.2 Å². The fourth-order valence-corrected chi connectivity index (χ4v) is 2.94. The molecule has 0 saturated carbocycles. The number of pyridine rings is 1. The highest BCUT2D eigenvalue weighted by molar-refractivity contribution is 7.92. The highest BCUT2D eigenvalue weighted by Gasteiger charge is 2.18. The van der Waals surface area contributed by atoms with Crippen LogP contribution in [0.3, 0.4) is 0 Å². The van der Waals surface area contributed by atoms with Gasteiger partial charge in [0.25, 0.3) is 10.0 Å². The Labute approximate surface area is 121 Å². The van der Waals surface area contributed by atoms with Crippen LogP contribution in [0.1, 0.15) is 0 Å². The van der Waals surface area contributed by atoms with Crippen LogP contribution in [0.15, 0.2) is 41.6 Å². The van der Waals surface area contributed by atoms with Gasteiger partial charge in [-0.05, 0) is 24.3 Å². The van der Waals surface area contributed by atoms with Crippen LogP contribution in [0.2, 0.25) is 5.02 Å². The molecule has 3 N–H and O–H groups in total. The van der Waals surface area contributed by atoms with Gasteiger partial charge in [0.2, 0.25) is 0 Å². The van der Waals surface area contributed by atoms with Gasteiger partial charge >= 0.3 is 0 Å². The first-order chi connectivity index (χ1) is 9.44. The minimum atomic E-state index is -3.82. The number of benzene rings is 1. The molecule has 2 aromatic rings. The van der Waals surface area contributed by atoms with Crippen molar-refractivity contribution >= 4 is 33.0 Å². The molecule has 6 nitrogen and oxygen atoms in total. The Kier molecular flexibility index (Phi) is 4.01. The van der Waals surface area contributed by atoms with E-state index in [-0.39, 0.29) is 10.6 Å². The first-order valence-corrected chi connectivity index (χ1v) is 7.36. The topological polar surface area (TPSA) is 94.3 Å². The summed E-state index contributed by atoms with van der Waals surface area (Å²) in [5.41, 5.74) is 6.05. The van der Waals surface area contributed by atoms with Crippen LogP contribution < -0.4 is 15.2 Å². The lowest BCUT2D eigenvalue weighted by atomic mass is 10.3. The average Bonchev–Trinajstić information content (AvgIpc) is 2.38. The summed E-state index contributed by atoms with van der Waals surface area (Å²) in [5.74, 6) is 0.454. The Morgan fingerprint density at radius 3 is 2.70 bits per heavy atom. The van der Waals surface area contributed by atoms with E-state index in [1.165, 1.54) is 37.7 Å². The monoisotopic (exact) mass is 313 g/mol. The van der Waals surface area contributed by atoms with E-state index in [2.05, 4.69) is 9.71 Å². The van der Waals surface area contributed by atoms with Gasteiger partial charge in [0.1, 0.15) is 10.6 Å². The molecule has 0 unspecified atom stereocenters. The number of ether oxygens (including phenoxy) is 1. The summed E-state index contributed by atoms with van der Waals surface area (Å²) in [6.45, 7) is 0. The van der Waals surface area contributed by atoms with Gasteiger partial charge in [0, 0.05) is 12.4 Å². The molecule has 0 bridgehead atoms. The molecule has 20 heavy (non-hydrogen) atoms. The Hall–Kier alpha value is -1.99. The molecule has 0 amide bonds. The number of nitrogens with zero attached hydrogens (tertiary/aromatic N) is 1. The van der Waals surface area contributed by atoms with E-state index in [1.54, 1.807) is 6.07 Å². The van der Waals surface area contributed by atoms with Crippen molar-refractivity contribution in [2.24, 2.45) is 0 Å². The van der Waals surface area contributed by atoms with Crippen molar-refractivity contribution in [1.29, 1.82) is 0 Å². The quantitative estimate of drug-likeness (QED) is 0.901. The largest absolute Gasteiger partial charge is 0.495 e. The maximum absolute atomic E-state index is 12.2. The Morgan fingerprint density at radius 2 is 2.10 bits per heavy atom. The molecule has 0 aliphatic heterocycles. The van der Waals surface area contributed by atoms with Gasteiger partial charge in [-0.2, -0.15) is 0 Å². The number of rotatable bonds is 4. The Morgan fingerprint density at radius 1 is 1.35 bits per heavy atom. The third-order valence-electron chi connectivity index (χ3n) is 2.51. The molecule has 0 fully saturated rings. The van der Waals surface area contributed by atoms with Gasteiger partial charge in [-0.25, -0.2) is 8.42 Å². The van der Waals surface area contributed by atoms with Crippen LogP contribution in [-0.2, 0) is 10.0 Å². The summed E-state index contributed by atoms with van der Waals surface area (Å²) in [5, 5.41) is 0.298. The summed E-state index contributed by atoms with van der Waals surface area (Å²) in [6, 6.07) is 5.96. The van der Waals surface area contributed by atoms with Crippen LogP contribution >= 0.6 is 11.6 Å². The molecule has 1 aromatic heterocycles. The number of hydrogen-bond acceptors (Lipinski definition) is 5. The lowest BCUT2D eigenvalue weighted by Crippen LogP contribution is -2.15. The fraction of sp³-hybridized carbons (Fsp3) is 0.0833. The maximum atomic E-state index is 12.2. The van der Waals surface area contributed by atoms with Gasteiger partial charge in [-0.1, -0.05) is 11.6 Å². The molecule has 0 saturated heterocycles. The second-order valence-corrected chi connectivity index (χ2v) is 5.93. The molecule has 2 rings (SSSR count). The number of anilines is 2. The molecule has 8 heteroatoms. The molecular formula is C12H12ClN3O3S. The van der Waals surface area contributed by atoms with E-state index < -0.39 is 10.0 Å². The van der Waals surface area contributed by atoms with Gasteiger partial charge in [-0.15, -0.1) is 0 Å². The standard InChI is InChI=1S/C12H12ClN3O3S/c1-19-11-3-2-8(6-9(11)13)16-20(17,18)12-7-15-5-4-10(12)14/h2-7,16H,1H3,(H2,14,15). The molecule has 106 valence electrons. The van der Waals surface area contributed by atoms with E-state index in [4.69, 9.17) is 22.1 Å². The van der Waals surface area contributed by atoms with Crippen molar-refractivity contribution in [3.63, 3.8) is 0 Å². The van der Waals surface area contributed by atoms with E-state index in [0.29, 0.717) is 16.5 Å². The number of hydrogen-bond donors (Lipinski definition) is 2. The predicted molar refractivity (Wildman–Crippen MR) is 77.5 cm³/mol. The van der Waals surface area contributed by atoms with Gasteiger partial charge in [0.05, 0.1) is 23.5 Å². The van der Waals surface area contributed by atoms with Gasteiger partial charge in [0.15, 0.2) is 0 Å². The molecule has 0 spiro atoms. The molecule has 0 aliphatic rings. The SMILES string of the molecule is COc1ccc(NS(=O)(=O)c2cnccc2N)cc1Cl. The van der Waals surface area contributed by atoms with Crippen molar-refractivity contribution in [1.82, 2.24) is 4.98 Å². The zero-order valence-corrected chi connectivity index (χ0v) is 12.1. The molecule has 0 radical (unpaired) electrons. The molecular weight excluding hydrogens is 302 g/mol.